The molecule has 0 unspecified atom stereocenters. The van der Waals surface area contributed by atoms with Crippen LogP contribution in [0.2, 0.25) is 0 Å². The second-order valence-electron chi connectivity index (χ2n) is 5.58. The normalized spacial score (nSPS) is 18.5. The molecule has 1 aromatic carbocycles. The molecule has 1 fully saturated rings. The summed E-state index contributed by atoms with van der Waals surface area (Å²) in [7, 11) is 0. The molecule has 0 bridgehead atoms. The molecular formula is C17H25NO. The van der Waals surface area contributed by atoms with Gasteiger partial charge < -0.3 is 5.32 Å². The lowest BCUT2D eigenvalue weighted by molar-refractivity contribution is -0.129. The average Bonchev–Trinajstić information content (AvgIpc) is 2.50. The average molecular weight is 259 g/mol. The predicted molar refractivity (Wildman–Crippen MR) is 79.3 cm³/mol. The Morgan fingerprint density at radius 3 is 2.26 bits per heavy atom. The Hall–Kier alpha value is -1.15. The molecule has 1 aromatic rings. The number of Topliss-reactive ketones (excluding diaryl/α,β-unsaturated/α-hetero) is 1. The molecule has 1 aliphatic heterocycles. The van der Waals surface area contributed by atoms with Crippen LogP contribution >= 0.6 is 0 Å². The van der Waals surface area contributed by atoms with Crippen LogP contribution < -0.4 is 5.32 Å². The summed E-state index contributed by atoms with van der Waals surface area (Å²) >= 11 is 0. The van der Waals surface area contributed by atoms with E-state index in [9.17, 15) is 4.79 Å². The van der Waals surface area contributed by atoms with Gasteiger partial charge in [0.2, 0.25) is 0 Å². The zero-order valence-electron chi connectivity index (χ0n) is 12.1. The maximum absolute atomic E-state index is 13.1. The number of hydrogen-bond acceptors (Lipinski definition) is 2. The highest BCUT2D eigenvalue weighted by molar-refractivity contribution is 5.92. The molecule has 0 atom stereocenters. The van der Waals surface area contributed by atoms with Gasteiger partial charge >= 0.3 is 0 Å². The number of benzene rings is 1. The van der Waals surface area contributed by atoms with Crippen molar-refractivity contribution in [3.63, 3.8) is 0 Å². The van der Waals surface area contributed by atoms with E-state index < -0.39 is 0 Å². The maximum Gasteiger partial charge on any atom is 0.146 e. The first kappa shape index (κ1) is 14.3. The van der Waals surface area contributed by atoms with Crippen molar-refractivity contribution in [3.8, 4) is 0 Å². The molecule has 1 N–H and O–H groups in total. The van der Waals surface area contributed by atoms with Crippen LogP contribution in [-0.4, -0.2) is 18.9 Å². The van der Waals surface area contributed by atoms with E-state index in [1.165, 1.54) is 5.56 Å². The van der Waals surface area contributed by atoms with Crippen molar-refractivity contribution in [2.45, 2.75) is 44.9 Å². The van der Waals surface area contributed by atoms with E-state index in [0.717, 1.165) is 38.8 Å². The number of carbonyl (C=O) groups is 1. The van der Waals surface area contributed by atoms with Gasteiger partial charge in [-0.25, -0.2) is 0 Å². The Kier molecular flexibility index (Phi) is 4.76. The highest BCUT2D eigenvalue weighted by atomic mass is 16.1. The van der Waals surface area contributed by atoms with E-state index in [0.29, 0.717) is 5.78 Å². The quantitative estimate of drug-likeness (QED) is 0.879. The van der Waals surface area contributed by atoms with Gasteiger partial charge in [-0.1, -0.05) is 44.2 Å². The summed E-state index contributed by atoms with van der Waals surface area (Å²) in [6.07, 6.45) is 3.79. The maximum atomic E-state index is 13.1. The van der Waals surface area contributed by atoms with Gasteiger partial charge in [0.1, 0.15) is 5.78 Å². The molecule has 0 spiro atoms. The Morgan fingerprint density at radius 1 is 1.16 bits per heavy atom. The number of ketones is 1. The number of nitrogens with one attached hydrogen (secondary N) is 1. The van der Waals surface area contributed by atoms with Gasteiger partial charge in [0.15, 0.2) is 0 Å². The van der Waals surface area contributed by atoms with Gasteiger partial charge in [-0.15, -0.1) is 0 Å². The molecule has 104 valence electrons. The molecule has 0 amide bonds. The van der Waals surface area contributed by atoms with Crippen LogP contribution in [0.4, 0.5) is 0 Å². The van der Waals surface area contributed by atoms with E-state index in [-0.39, 0.29) is 11.3 Å². The first-order chi connectivity index (χ1) is 9.24. The van der Waals surface area contributed by atoms with Crippen molar-refractivity contribution >= 4 is 5.78 Å². The summed E-state index contributed by atoms with van der Waals surface area (Å²) in [6.45, 7) is 6.15. The summed E-state index contributed by atoms with van der Waals surface area (Å²) < 4.78 is 0. The molecule has 2 rings (SSSR count). The van der Waals surface area contributed by atoms with Gasteiger partial charge in [-0.2, -0.15) is 0 Å². The first-order valence-electron chi connectivity index (χ1n) is 7.55. The fourth-order valence-corrected chi connectivity index (χ4v) is 3.34. The summed E-state index contributed by atoms with van der Waals surface area (Å²) in [6, 6.07) is 10.4. The number of carbonyl (C=O) groups excluding carboxylic acids is 1. The van der Waals surface area contributed by atoms with Gasteiger partial charge in [0.25, 0.3) is 0 Å². The summed E-state index contributed by atoms with van der Waals surface area (Å²) in [5.74, 6) is 0.670. The minimum Gasteiger partial charge on any atom is -0.317 e. The van der Waals surface area contributed by atoms with Crippen LogP contribution in [0.5, 0.6) is 0 Å². The number of hydrogen-bond donors (Lipinski definition) is 1. The highest BCUT2D eigenvalue weighted by Crippen LogP contribution is 2.38. The predicted octanol–water partition coefficient (Wildman–Crippen LogP) is 3.31. The molecule has 1 aliphatic rings. The SMILES string of the molecule is CCC(CC)C(=O)C1(c2ccccc2)CCNCC1. The third-order valence-electron chi connectivity index (χ3n) is 4.61. The van der Waals surface area contributed by atoms with Gasteiger partial charge in [0, 0.05) is 5.92 Å². The summed E-state index contributed by atoms with van der Waals surface area (Å²) in [4.78, 5) is 13.1. The molecule has 2 nitrogen and oxygen atoms in total. The summed E-state index contributed by atoms with van der Waals surface area (Å²) in [5.41, 5.74) is 0.969. The first-order valence-corrected chi connectivity index (χ1v) is 7.55. The smallest absolute Gasteiger partial charge is 0.146 e. The number of piperidine rings is 1. The Bertz CT molecular complexity index is 403. The van der Waals surface area contributed by atoms with Gasteiger partial charge in [-0.3, -0.25) is 4.79 Å². The molecule has 0 aromatic heterocycles. The molecule has 0 aliphatic carbocycles. The van der Waals surface area contributed by atoms with Crippen LogP contribution in [0.3, 0.4) is 0 Å². The van der Waals surface area contributed by atoms with Crippen LogP contribution in [0.15, 0.2) is 30.3 Å². The topological polar surface area (TPSA) is 29.1 Å². The van der Waals surface area contributed by atoms with E-state index in [2.05, 4.69) is 43.4 Å². The molecule has 0 saturated carbocycles. The Labute approximate surface area is 116 Å². The molecular weight excluding hydrogens is 234 g/mol. The van der Waals surface area contributed by atoms with Crippen LogP contribution in [0.25, 0.3) is 0 Å². The van der Waals surface area contributed by atoms with Crippen LogP contribution in [0, 0.1) is 5.92 Å². The molecule has 1 heterocycles. The van der Waals surface area contributed by atoms with Crippen molar-refractivity contribution in [1.82, 2.24) is 5.32 Å². The summed E-state index contributed by atoms with van der Waals surface area (Å²) in [5, 5.41) is 3.39. The Balaban J connectivity index is 2.37. The van der Waals surface area contributed by atoms with E-state index in [1.807, 2.05) is 6.07 Å². The second-order valence-corrected chi connectivity index (χ2v) is 5.58. The third kappa shape index (κ3) is 2.74. The largest absolute Gasteiger partial charge is 0.317 e. The third-order valence-corrected chi connectivity index (χ3v) is 4.61. The lowest BCUT2D eigenvalue weighted by atomic mass is 9.66. The Morgan fingerprint density at radius 2 is 1.74 bits per heavy atom. The van der Waals surface area contributed by atoms with E-state index >= 15 is 0 Å². The lowest BCUT2D eigenvalue weighted by Gasteiger charge is -2.39. The van der Waals surface area contributed by atoms with E-state index in [4.69, 9.17) is 0 Å². The van der Waals surface area contributed by atoms with Crippen molar-refractivity contribution in [1.29, 1.82) is 0 Å². The fraction of sp³-hybridized carbons (Fsp3) is 0.588. The monoisotopic (exact) mass is 259 g/mol. The molecule has 2 heteroatoms. The van der Waals surface area contributed by atoms with Crippen molar-refractivity contribution < 1.29 is 4.79 Å². The molecule has 19 heavy (non-hydrogen) atoms. The second kappa shape index (κ2) is 6.33. The zero-order valence-corrected chi connectivity index (χ0v) is 12.1. The number of rotatable bonds is 5. The minimum absolute atomic E-state index is 0.207. The zero-order chi connectivity index (χ0) is 13.7. The van der Waals surface area contributed by atoms with Crippen LogP contribution in [-0.2, 0) is 10.2 Å². The lowest BCUT2D eigenvalue weighted by Crippen LogP contribution is -2.47. The van der Waals surface area contributed by atoms with Crippen LogP contribution in [0.1, 0.15) is 45.1 Å². The highest BCUT2D eigenvalue weighted by Gasteiger charge is 2.42. The minimum atomic E-state index is -0.247. The standard InChI is InChI=1S/C17H25NO/c1-3-14(4-2)16(19)17(10-12-18-13-11-17)15-8-6-5-7-9-15/h5-9,14,18H,3-4,10-13H2,1-2H3. The van der Waals surface area contributed by atoms with Gasteiger partial charge in [-0.05, 0) is 44.3 Å². The molecule has 1 saturated heterocycles. The van der Waals surface area contributed by atoms with Crippen molar-refractivity contribution in [2.75, 3.05) is 13.1 Å². The van der Waals surface area contributed by atoms with Crippen molar-refractivity contribution in [2.24, 2.45) is 5.92 Å². The molecule has 0 radical (unpaired) electrons. The fourth-order valence-electron chi connectivity index (χ4n) is 3.34. The van der Waals surface area contributed by atoms with Crippen molar-refractivity contribution in [3.05, 3.63) is 35.9 Å². The van der Waals surface area contributed by atoms with E-state index in [1.54, 1.807) is 0 Å². The van der Waals surface area contributed by atoms with Gasteiger partial charge in [0.05, 0.1) is 5.41 Å².